The largest absolute Gasteiger partial charge is 0.435 e. The summed E-state index contributed by atoms with van der Waals surface area (Å²) in [5, 5.41) is 0. The van der Waals surface area contributed by atoms with Crippen molar-refractivity contribution in [2.24, 2.45) is 5.73 Å². The van der Waals surface area contributed by atoms with Gasteiger partial charge < -0.3 is 10.2 Å². The lowest BCUT2D eigenvalue weighted by molar-refractivity contribution is -0.683. The van der Waals surface area contributed by atoms with Gasteiger partial charge in [0.1, 0.15) is 5.52 Å². The van der Waals surface area contributed by atoms with Gasteiger partial charge in [0.2, 0.25) is 18.3 Å². The average molecular weight is 192 g/mol. The number of amides is 1. The maximum Gasteiger partial charge on any atom is 0.283 e. The summed E-state index contributed by atoms with van der Waals surface area (Å²) < 4.78 is 6.97. The third kappa shape index (κ3) is 1.56. The molecule has 0 unspecified atom stereocenters. The molecule has 1 amide bonds. The van der Waals surface area contributed by atoms with Gasteiger partial charge in [0, 0.05) is 13.0 Å². The van der Waals surface area contributed by atoms with Crippen LogP contribution < -0.4 is 10.3 Å². The minimum atomic E-state index is -0.384. The molecular formula is C9H10N3O2+. The maximum absolute atomic E-state index is 10.7. The van der Waals surface area contributed by atoms with E-state index in [0.717, 1.165) is 5.52 Å². The summed E-state index contributed by atoms with van der Waals surface area (Å²) in [4.78, 5) is 14.8. The zero-order valence-corrected chi connectivity index (χ0v) is 7.73. The number of hydrogen-bond acceptors (Lipinski definition) is 3. The Morgan fingerprint density at radius 1 is 1.71 bits per heavy atom. The summed E-state index contributed by atoms with van der Waals surface area (Å²) in [6.45, 7) is 1.92. The first-order chi connectivity index (χ1) is 6.65. The van der Waals surface area contributed by atoms with Gasteiger partial charge in [-0.3, -0.25) is 4.79 Å². The SMILES string of the molecule is Cc1nc2cc[n+](CC(N)=O)cc2o1. The summed E-state index contributed by atoms with van der Waals surface area (Å²) >= 11 is 0. The molecule has 0 bridgehead atoms. The molecule has 2 aromatic rings. The molecule has 2 N–H and O–H groups in total. The highest BCUT2D eigenvalue weighted by atomic mass is 16.3. The summed E-state index contributed by atoms with van der Waals surface area (Å²) in [7, 11) is 0. The molecule has 0 atom stereocenters. The van der Waals surface area contributed by atoms with Crippen LogP contribution >= 0.6 is 0 Å². The van der Waals surface area contributed by atoms with Crippen LogP contribution in [-0.4, -0.2) is 10.9 Å². The van der Waals surface area contributed by atoms with Crippen molar-refractivity contribution in [3.8, 4) is 0 Å². The molecule has 0 aromatic carbocycles. The van der Waals surface area contributed by atoms with Gasteiger partial charge in [-0.2, -0.15) is 4.57 Å². The second-order valence-corrected chi connectivity index (χ2v) is 3.07. The molecule has 0 spiro atoms. The highest BCUT2D eigenvalue weighted by Crippen LogP contribution is 2.11. The van der Waals surface area contributed by atoms with E-state index in [9.17, 15) is 4.79 Å². The lowest BCUT2D eigenvalue weighted by Crippen LogP contribution is -2.39. The van der Waals surface area contributed by atoms with E-state index in [2.05, 4.69) is 4.98 Å². The smallest absolute Gasteiger partial charge is 0.283 e. The molecule has 0 aliphatic carbocycles. The van der Waals surface area contributed by atoms with E-state index >= 15 is 0 Å². The summed E-state index contributed by atoms with van der Waals surface area (Å²) in [5.74, 6) is 0.224. The molecule has 0 fully saturated rings. The van der Waals surface area contributed by atoms with Crippen LogP contribution in [0.1, 0.15) is 5.89 Å². The second kappa shape index (κ2) is 3.10. The van der Waals surface area contributed by atoms with Gasteiger partial charge in [-0.25, -0.2) is 4.98 Å². The Balaban J connectivity index is 2.45. The molecule has 14 heavy (non-hydrogen) atoms. The predicted molar refractivity (Wildman–Crippen MR) is 48.1 cm³/mol. The Morgan fingerprint density at radius 3 is 3.21 bits per heavy atom. The van der Waals surface area contributed by atoms with E-state index in [1.54, 1.807) is 30.0 Å². The Hall–Kier alpha value is -1.91. The van der Waals surface area contributed by atoms with Gasteiger partial charge in [-0.15, -0.1) is 0 Å². The topological polar surface area (TPSA) is 73.0 Å². The Bertz CT molecular complexity index is 490. The number of hydrogen-bond donors (Lipinski definition) is 1. The fourth-order valence-corrected chi connectivity index (χ4v) is 1.31. The molecule has 5 heteroatoms. The first kappa shape index (κ1) is 8.68. The Labute approximate surface area is 80.2 Å². The van der Waals surface area contributed by atoms with Crippen LogP contribution in [0.25, 0.3) is 11.1 Å². The summed E-state index contributed by atoms with van der Waals surface area (Å²) in [6, 6.07) is 1.79. The lowest BCUT2D eigenvalue weighted by Gasteiger charge is -1.90. The third-order valence-corrected chi connectivity index (χ3v) is 1.83. The molecule has 0 saturated carbocycles. The van der Waals surface area contributed by atoms with E-state index in [1.807, 2.05) is 0 Å². The fourth-order valence-electron chi connectivity index (χ4n) is 1.31. The van der Waals surface area contributed by atoms with Crippen LogP contribution in [0.15, 0.2) is 22.9 Å². The zero-order chi connectivity index (χ0) is 10.1. The quantitative estimate of drug-likeness (QED) is 0.676. The van der Waals surface area contributed by atoms with Crippen molar-refractivity contribution in [2.75, 3.05) is 0 Å². The van der Waals surface area contributed by atoms with Gasteiger partial charge in [-0.1, -0.05) is 0 Å². The number of nitrogens with zero attached hydrogens (tertiary/aromatic N) is 2. The molecule has 0 aliphatic heterocycles. The van der Waals surface area contributed by atoms with Crippen LogP contribution in [0.5, 0.6) is 0 Å². The van der Waals surface area contributed by atoms with Crippen molar-refractivity contribution < 1.29 is 13.8 Å². The van der Waals surface area contributed by atoms with Crippen LogP contribution in [-0.2, 0) is 11.3 Å². The van der Waals surface area contributed by atoms with Crippen molar-refractivity contribution in [3.63, 3.8) is 0 Å². The minimum Gasteiger partial charge on any atom is -0.435 e. The highest BCUT2D eigenvalue weighted by Gasteiger charge is 2.09. The van der Waals surface area contributed by atoms with Gasteiger partial charge in [-0.05, 0) is 0 Å². The van der Waals surface area contributed by atoms with Crippen LogP contribution in [0.2, 0.25) is 0 Å². The summed E-state index contributed by atoms with van der Waals surface area (Å²) in [5.41, 5.74) is 6.51. The van der Waals surface area contributed by atoms with E-state index in [-0.39, 0.29) is 12.5 Å². The average Bonchev–Trinajstić information content (AvgIpc) is 2.42. The number of carbonyl (C=O) groups excluding carboxylic acids is 1. The molecule has 2 heterocycles. The number of primary amides is 1. The van der Waals surface area contributed by atoms with Gasteiger partial charge in [0.05, 0.1) is 0 Å². The number of nitrogens with two attached hydrogens (primary N) is 1. The molecule has 2 aromatic heterocycles. The number of carbonyl (C=O) groups is 1. The zero-order valence-electron chi connectivity index (χ0n) is 7.73. The maximum atomic E-state index is 10.7. The van der Waals surface area contributed by atoms with Gasteiger partial charge in [0.25, 0.3) is 5.91 Å². The van der Waals surface area contributed by atoms with Crippen molar-refractivity contribution in [3.05, 3.63) is 24.4 Å². The van der Waals surface area contributed by atoms with E-state index in [4.69, 9.17) is 10.2 Å². The Morgan fingerprint density at radius 2 is 2.50 bits per heavy atom. The van der Waals surface area contributed by atoms with E-state index in [0.29, 0.717) is 11.5 Å². The van der Waals surface area contributed by atoms with Crippen molar-refractivity contribution >= 4 is 17.0 Å². The van der Waals surface area contributed by atoms with Gasteiger partial charge in [0.15, 0.2) is 12.1 Å². The third-order valence-electron chi connectivity index (χ3n) is 1.83. The number of fused-ring (bicyclic) bond motifs is 1. The summed E-state index contributed by atoms with van der Waals surface area (Å²) in [6.07, 6.45) is 3.45. The van der Waals surface area contributed by atoms with Crippen LogP contribution in [0.4, 0.5) is 0 Å². The van der Waals surface area contributed by atoms with Crippen molar-refractivity contribution in [1.82, 2.24) is 4.98 Å². The fraction of sp³-hybridized carbons (Fsp3) is 0.222. The standard InChI is InChI=1S/C9H9N3O2/c1-6-11-7-2-3-12(5-9(10)13)4-8(7)14-6/h2-4H,5H2,1H3,(H-,10,13)/p+1. The van der Waals surface area contributed by atoms with E-state index < -0.39 is 0 Å². The molecule has 0 saturated heterocycles. The number of oxazole rings is 1. The monoisotopic (exact) mass is 192 g/mol. The number of rotatable bonds is 2. The number of aryl methyl sites for hydroxylation is 1. The molecular weight excluding hydrogens is 182 g/mol. The molecule has 2 rings (SSSR count). The number of aromatic nitrogens is 2. The van der Waals surface area contributed by atoms with E-state index in [1.165, 1.54) is 0 Å². The first-order valence-electron chi connectivity index (χ1n) is 4.20. The minimum absolute atomic E-state index is 0.148. The second-order valence-electron chi connectivity index (χ2n) is 3.07. The van der Waals surface area contributed by atoms with Gasteiger partial charge >= 0.3 is 0 Å². The normalized spacial score (nSPS) is 10.6. The first-order valence-corrected chi connectivity index (χ1v) is 4.20. The molecule has 72 valence electrons. The number of pyridine rings is 1. The molecule has 0 radical (unpaired) electrons. The van der Waals surface area contributed by atoms with Crippen molar-refractivity contribution in [1.29, 1.82) is 0 Å². The highest BCUT2D eigenvalue weighted by molar-refractivity contribution is 5.72. The Kier molecular flexibility index (Phi) is 1.92. The van der Waals surface area contributed by atoms with Crippen molar-refractivity contribution in [2.45, 2.75) is 13.5 Å². The van der Waals surface area contributed by atoms with Crippen LogP contribution in [0, 0.1) is 6.92 Å². The molecule has 0 aliphatic rings. The lowest BCUT2D eigenvalue weighted by atomic mass is 10.4. The van der Waals surface area contributed by atoms with Crippen LogP contribution in [0.3, 0.4) is 0 Å². The predicted octanol–water partition coefficient (Wildman–Crippen LogP) is -0.0910. The molecule has 5 nitrogen and oxygen atoms in total.